The molecule has 0 saturated heterocycles. The summed E-state index contributed by atoms with van der Waals surface area (Å²) in [7, 11) is 0. The van der Waals surface area contributed by atoms with Crippen molar-refractivity contribution in [2.24, 2.45) is 5.41 Å². The molecule has 1 rings (SSSR count). The molecule has 1 heterocycles. The van der Waals surface area contributed by atoms with Crippen LogP contribution in [0.15, 0.2) is 24.5 Å². The van der Waals surface area contributed by atoms with E-state index in [1.165, 1.54) is 6.26 Å². The maximum absolute atomic E-state index is 5.20. The summed E-state index contributed by atoms with van der Waals surface area (Å²) < 4.78 is 10.1. The van der Waals surface area contributed by atoms with Crippen LogP contribution in [0.5, 0.6) is 0 Å². The Morgan fingerprint density at radius 3 is 2.09 bits per heavy atom. The molecule has 0 N–H and O–H groups in total. The Bertz CT molecular complexity index is 177. The van der Waals surface area contributed by atoms with Crippen molar-refractivity contribution >= 4 is 51.4 Å². The molecule has 0 aromatic carbocycles. The van der Waals surface area contributed by atoms with Gasteiger partial charge in [-0.05, 0) is 0 Å². The molecule has 0 amide bonds. The quantitative estimate of drug-likeness (QED) is 0.529. The minimum absolute atomic E-state index is 0. The van der Waals surface area contributed by atoms with Crippen molar-refractivity contribution in [3.8, 4) is 0 Å². The van der Waals surface area contributed by atoms with Gasteiger partial charge in [-0.15, -0.1) is 0 Å². The van der Waals surface area contributed by atoms with Gasteiger partial charge in [0.2, 0.25) is 0 Å². The second-order valence-electron chi connectivity index (χ2n) is 3.26. The monoisotopic (exact) mass is 180 g/mol. The Morgan fingerprint density at radius 1 is 1.18 bits per heavy atom. The first-order valence-electron chi connectivity index (χ1n) is 3.28. The van der Waals surface area contributed by atoms with Crippen LogP contribution in [0.1, 0.15) is 20.8 Å². The van der Waals surface area contributed by atoms with Crippen molar-refractivity contribution in [3.05, 3.63) is 24.5 Å². The number of rotatable bonds is 0. The maximum atomic E-state index is 5.20. The van der Waals surface area contributed by atoms with Gasteiger partial charge in [0.05, 0.1) is 0 Å². The molecule has 0 radical (unpaired) electrons. The molecule has 2 nitrogen and oxygen atoms in total. The molecule has 0 aromatic rings. The van der Waals surface area contributed by atoms with Crippen LogP contribution in [0.25, 0.3) is 0 Å². The van der Waals surface area contributed by atoms with Crippen LogP contribution in [-0.4, -0.2) is 51.4 Å². The van der Waals surface area contributed by atoms with Gasteiger partial charge < -0.3 is 9.47 Å². The van der Waals surface area contributed by atoms with E-state index in [0.717, 1.165) is 5.76 Å². The van der Waals surface area contributed by atoms with E-state index in [2.05, 4.69) is 20.8 Å². The Hall–Kier alpha value is 0.716. The number of ether oxygens (including phenoxy) is 2. The van der Waals surface area contributed by atoms with E-state index in [-0.39, 0.29) is 56.8 Å². The van der Waals surface area contributed by atoms with E-state index in [1.807, 2.05) is 0 Å². The van der Waals surface area contributed by atoms with Gasteiger partial charge in [-0.25, -0.2) is 0 Å². The molecule has 0 bridgehead atoms. The topological polar surface area (TPSA) is 18.5 Å². The van der Waals surface area contributed by atoms with E-state index in [0.29, 0.717) is 0 Å². The third kappa shape index (κ3) is 3.76. The molecule has 58 valence electrons. The number of hydrogen-bond acceptors (Lipinski definition) is 2. The van der Waals surface area contributed by atoms with E-state index in [1.54, 1.807) is 12.5 Å². The van der Waals surface area contributed by atoms with Gasteiger partial charge in [-0.2, -0.15) is 0 Å². The van der Waals surface area contributed by atoms with Gasteiger partial charge in [-0.1, -0.05) is 20.8 Å². The Kier molecular flexibility index (Phi) is 4.98. The summed E-state index contributed by atoms with van der Waals surface area (Å²) in [5.74, 6) is 0.856. The molecule has 3 heteroatoms. The molecule has 0 fully saturated rings. The van der Waals surface area contributed by atoms with Crippen molar-refractivity contribution in [3.63, 3.8) is 0 Å². The zero-order chi connectivity index (χ0) is 7.61. The second-order valence-corrected chi connectivity index (χ2v) is 3.26. The van der Waals surface area contributed by atoms with Crippen molar-refractivity contribution < 1.29 is 9.47 Å². The van der Waals surface area contributed by atoms with E-state index < -0.39 is 0 Å². The molecular formula is C8H13KO2. The van der Waals surface area contributed by atoms with Gasteiger partial charge in [0, 0.05) is 5.41 Å². The Balaban J connectivity index is 0.000001000. The van der Waals surface area contributed by atoms with Gasteiger partial charge in [-0.3, -0.25) is 0 Å². The zero-order valence-corrected chi connectivity index (χ0v) is 6.55. The Morgan fingerprint density at radius 2 is 1.82 bits per heavy atom. The second kappa shape index (κ2) is 4.67. The van der Waals surface area contributed by atoms with E-state index >= 15 is 0 Å². The fourth-order valence-electron chi connectivity index (χ4n) is 0.616. The first-order valence-corrected chi connectivity index (χ1v) is 3.28. The number of hydrogen-bond donors (Lipinski definition) is 0. The van der Waals surface area contributed by atoms with Crippen LogP contribution in [0.3, 0.4) is 0 Å². The van der Waals surface area contributed by atoms with Crippen molar-refractivity contribution in [2.75, 3.05) is 0 Å². The Labute approximate surface area is 110 Å². The third-order valence-corrected chi connectivity index (χ3v) is 1.24. The predicted molar refractivity (Wildman–Crippen MR) is 46.0 cm³/mol. The molecule has 0 atom stereocenters. The first kappa shape index (κ1) is 11.7. The van der Waals surface area contributed by atoms with Crippen molar-refractivity contribution in [1.29, 1.82) is 0 Å². The molecule has 0 aromatic heterocycles. The van der Waals surface area contributed by atoms with Crippen LogP contribution >= 0.6 is 0 Å². The van der Waals surface area contributed by atoms with Gasteiger partial charge in [0.15, 0.2) is 0 Å². The molecular weight excluding hydrogens is 167 g/mol. The molecule has 0 saturated carbocycles. The molecule has 0 spiro atoms. The summed E-state index contributed by atoms with van der Waals surface area (Å²) in [6.45, 7) is 6.21. The van der Waals surface area contributed by atoms with Gasteiger partial charge in [0.1, 0.15) is 24.5 Å². The van der Waals surface area contributed by atoms with E-state index in [4.69, 9.17) is 9.47 Å². The summed E-state index contributed by atoms with van der Waals surface area (Å²) in [5.41, 5.74) is 0.0325. The molecule has 11 heavy (non-hydrogen) atoms. The standard InChI is InChI=1S/C8H12O2.K.H/c1-8(2,3)7-6-9-4-5-10-7;;/h4-6H,1-3H3;;. The molecule has 1 aliphatic heterocycles. The number of allylic oxidation sites excluding steroid dienone is 1. The summed E-state index contributed by atoms with van der Waals surface area (Å²) in [6, 6.07) is 0. The van der Waals surface area contributed by atoms with Crippen molar-refractivity contribution in [2.45, 2.75) is 20.8 Å². The molecule has 0 aliphatic carbocycles. The fraction of sp³-hybridized carbons (Fsp3) is 0.500. The molecule has 1 aliphatic rings. The van der Waals surface area contributed by atoms with Crippen LogP contribution in [0.2, 0.25) is 0 Å². The van der Waals surface area contributed by atoms with Gasteiger partial charge in [0.25, 0.3) is 0 Å². The van der Waals surface area contributed by atoms with Crippen molar-refractivity contribution in [1.82, 2.24) is 0 Å². The summed E-state index contributed by atoms with van der Waals surface area (Å²) in [5, 5.41) is 0. The van der Waals surface area contributed by atoms with Gasteiger partial charge >= 0.3 is 51.4 Å². The summed E-state index contributed by atoms with van der Waals surface area (Å²) >= 11 is 0. The fourth-order valence-corrected chi connectivity index (χ4v) is 0.616. The normalized spacial score (nSPS) is 15.7. The first-order chi connectivity index (χ1) is 4.61. The van der Waals surface area contributed by atoms with Crippen LogP contribution in [-0.2, 0) is 9.47 Å². The van der Waals surface area contributed by atoms with Crippen LogP contribution in [0, 0.1) is 5.41 Å². The predicted octanol–water partition coefficient (Wildman–Crippen LogP) is 1.74. The minimum atomic E-state index is 0. The SMILES string of the molecule is CC(C)(C)C1=COC=CO1.[KH]. The molecule has 0 unspecified atom stereocenters. The average Bonchev–Trinajstić information content (AvgIpc) is 1.88. The third-order valence-electron chi connectivity index (χ3n) is 1.24. The zero-order valence-electron chi connectivity index (χ0n) is 6.55. The average molecular weight is 180 g/mol. The van der Waals surface area contributed by atoms with Crippen LogP contribution < -0.4 is 0 Å². The summed E-state index contributed by atoms with van der Waals surface area (Å²) in [6.07, 6.45) is 4.68. The van der Waals surface area contributed by atoms with Crippen LogP contribution in [0.4, 0.5) is 0 Å². The summed E-state index contributed by atoms with van der Waals surface area (Å²) in [4.78, 5) is 0. The van der Waals surface area contributed by atoms with E-state index in [9.17, 15) is 0 Å².